The number of halogens is 3. The van der Waals surface area contributed by atoms with Crippen molar-refractivity contribution in [3.63, 3.8) is 0 Å². The maximum Gasteiger partial charge on any atom is 0.416 e. The predicted octanol–water partition coefficient (Wildman–Crippen LogP) is 3.95. The van der Waals surface area contributed by atoms with Crippen molar-refractivity contribution in [3.05, 3.63) is 53.5 Å². The summed E-state index contributed by atoms with van der Waals surface area (Å²) in [7, 11) is -4.09. The van der Waals surface area contributed by atoms with Crippen molar-refractivity contribution in [1.82, 2.24) is 0 Å². The molecule has 0 spiro atoms. The van der Waals surface area contributed by atoms with E-state index in [0.717, 1.165) is 12.1 Å². The summed E-state index contributed by atoms with van der Waals surface area (Å²) in [4.78, 5) is 17.9. The molecule has 4 N–H and O–H groups in total. The van der Waals surface area contributed by atoms with Gasteiger partial charge in [0.1, 0.15) is 18.1 Å². The zero-order valence-electron chi connectivity index (χ0n) is 16.3. The zero-order chi connectivity index (χ0) is 22.4. The number of hydrogen-bond acceptors (Lipinski definition) is 4. The minimum absolute atomic E-state index is 0.0665. The van der Waals surface area contributed by atoms with Gasteiger partial charge in [-0.05, 0) is 56.0 Å². The van der Waals surface area contributed by atoms with Crippen molar-refractivity contribution >= 4 is 7.60 Å². The first-order valence-corrected chi connectivity index (χ1v) is 10.8. The Morgan fingerprint density at radius 1 is 1.20 bits per heavy atom. The van der Waals surface area contributed by atoms with Gasteiger partial charge in [0.15, 0.2) is 5.76 Å². The second kappa shape index (κ2) is 9.71. The Morgan fingerprint density at radius 3 is 2.60 bits per heavy atom. The molecule has 2 rings (SSSR count). The summed E-state index contributed by atoms with van der Waals surface area (Å²) in [5.41, 5.74) is 4.52. The lowest BCUT2D eigenvalue weighted by Crippen LogP contribution is -2.37. The molecule has 0 saturated carbocycles. The first kappa shape index (κ1) is 24.0. The molecule has 0 aliphatic heterocycles. The Hall–Kier alpha value is -2.24. The van der Waals surface area contributed by atoms with E-state index < -0.39 is 24.9 Å². The lowest BCUT2D eigenvalue weighted by atomic mass is 9.93. The Bertz CT molecular complexity index is 953. The van der Waals surface area contributed by atoms with Crippen LogP contribution in [0.5, 0.6) is 5.75 Å². The van der Waals surface area contributed by atoms with Gasteiger partial charge in [0, 0.05) is 12.0 Å². The molecule has 0 saturated heterocycles. The SMILES string of the molecule is CC(N)(CCc1ccc(C#CCOc2cccc(C(F)(F)F)c2)o1)CCP(=O)(O)O. The van der Waals surface area contributed by atoms with E-state index in [1.54, 1.807) is 19.1 Å². The molecule has 0 bridgehead atoms. The molecule has 1 aromatic heterocycles. The third-order valence-electron chi connectivity index (χ3n) is 4.26. The average Bonchev–Trinajstić information content (AvgIpc) is 3.09. The highest BCUT2D eigenvalue weighted by atomic mass is 31.2. The molecular formula is C20H23F3NO5P. The normalized spacial score (nSPS) is 14.0. The number of nitrogens with two attached hydrogens (primary N) is 1. The summed E-state index contributed by atoms with van der Waals surface area (Å²) in [5.74, 6) is 6.45. The Morgan fingerprint density at radius 2 is 1.93 bits per heavy atom. The first-order chi connectivity index (χ1) is 13.8. The smallest absolute Gasteiger partial charge is 0.416 e. The minimum atomic E-state index is -4.44. The van der Waals surface area contributed by atoms with Crippen LogP contribution in [0.3, 0.4) is 0 Å². The molecule has 0 amide bonds. The van der Waals surface area contributed by atoms with Crippen LogP contribution < -0.4 is 10.5 Å². The van der Waals surface area contributed by atoms with Gasteiger partial charge in [0.05, 0.1) is 11.7 Å². The first-order valence-electron chi connectivity index (χ1n) is 9.05. The molecule has 10 heteroatoms. The van der Waals surface area contributed by atoms with Gasteiger partial charge in [-0.25, -0.2) is 0 Å². The van der Waals surface area contributed by atoms with Gasteiger partial charge in [-0.1, -0.05) is 12.0 Å². The van der Waals surface area contributed by atoms with Crippen molar-refractivity contribution in [2.75, 3.05) is 12.8 Å². The van der Waals surface area contributed by atoms with Crippen LogP contribution in [0.15, 0.2) is 40.8 Å². The van der Waals surface area contributed by atoms with Gasteiger partial charge < -0.3 is 24.7 Å². The zero-order valence-corrected chi connectivity index (χ0v) is 17.2. The van der Waals surface area contributed by atoms with E-state index in [4.69, 9.17) is 24.7 Å². The van der Waals surface area contributed by atoms with Gasteiger partial charge in [0.2, 0.25) is 0 Å². The minimum Gasteiger partial charge on any atom is -0.481 e. The third-order valence-corrected chi connectivity index (χ3v) is 5.07. The lowest BCUT2D eigenvalue weighted by Gasteiger charge is -2.24. The van der Waals surface area contributed by atoms with Gasteiger partial charge in [-0.2, -0.15) is 13.2 Å². The highest BCUT2D eigenvalue weighted by molar-refractivity contribution is 7.51. The second-order valence-electron chi connectivity index (χ2n) is 7.17. The van der Waals surface area contributed by atoms with Crippen molar-refractivity contribution < 1.29 is 36.7 Å². The summed E-state index contributed by atoms with van der Waals surface area (Å²) in [6, 6.07) is 7.91. The molecule has 1 aromatic carbocycles. The highest BCUT2D eigenvalue weighted by Gasteiger charge is 2.30. The molecular weight excluding hydrogens is 422 g/mol. The van der Waals surface area contributed by atoms with Crippen LogP contribution in [-0.2, 0) is 17.2 Å². The summed E-state index contributed by atoms with van der Waals surface area (Å²) in [5, 5.41) is 0. The van der Waals surface area contributed by atoms with Crippen LogP contribution in [-0.4, -0.2) is 28.1 Å². The number of benzene rings is 1. The molecule has 30 heavy (non-hydrogen) atoms. The second-order valence-corrected chi connectivity index (χ2v) is 8.95. The van der Waals surface area contributed by atoms with Crippen LogP contribution in [0.2, 0.25) is 0 Å². The molecule has 1 atom stereocenters. The fraction of sp³-hybridized carbons (Fsp3) is 0.400. The van der Waals surface area contributed by atoms with Crippen LogP contribution in [0, 0.1) is 11.8 Å². The van der Waals surface area contributed by atoms with E-state index in [0.29, 0.717) is 24.4 Å². The van der Waals surface area contributed by atoms with E-state index in [9.17, 15) is 17.7 Å². The third kappa shape index (κ3) is 8.64. The Balaban J connectivity index is 1.84. The fourth-order valence-corrected chi connectivity index (χ4v) is 3.32. The highest BCUT2D eigenvalue weighted by Crippen LogP contribution is 2.37. The molecule has 0 radical (unpaired) electrons. The Labute approximate surface area is 172 Å². The van der Waals surface area contributed by atoms with Gasteiger partial charge >= 0.3 is 13.8 Å². The number of ether oxygens (including phenoxy) is 1. The summed E-state index contributed by atoms with van der Waals surface area (Å²) >= 11 is 0. The number of rotatable bonds is 8. The molecule has 0 aliphatic rings. The molecule has 0 aliphatic carbocycles. The lowest BCUT2D eigenvalue weighted by molar-refractivity contribution is -0.137. The van der Waals surface area contributed by atoms with Gasteiger partial charge in [0.25, 0.3) is 0 Å². The number of alkyl halides is 3. The van der Waals surface area contributed by atoms with Crippen molar-refractivity contribution in [2.24, 2.45) is 5.73 Å². The largest absolute Gasteiger partial charge is 0.481 e. The van der Waals surface area contributed by atoms with Crippen LogP contribution in [0.4, 0.5) is 13.2 Å². The van der Waals surface area contributed by atoms with Crippen molar-refractivity contribution in [3.8, 4) is 17.6 Å². The summed E-state index contributed by atoms with van der Waals surface area (Å²) in [6.45, 7) is 1.61. The molecule has 164 valence electrons. The number of furan rings is 1. The van der Waals surface area contributed by atoms with E-state index in [1.165, 1.54) is 12.1 Å². The Kier molecular flexibility index (Phi) is 7.78. The number of hydrogen-bond donors (Lipinski definition) is 3. The standard InChI is InChI=1S/C20H23F3NO5P/c1-19(24,11-13-30(25,26)27)10-9-17-8-7-16(29-17)6-3-12-28-18-5-2-4-15(14-18)20(21,22)23/h2,4-5,7-8,14H,9-13,24H2,1H3,(H2,25,26,27). The van der Waals surface area contributed by atoms with Gasteiger partial charge in [-0.3, -0.25) is 4.57 Å². The summed E-state index contributed by atoms with van der Waals surface area (Å²) < 4.78 is 59.8. The average molecular weight is 445 g/mol. The molecule has 0 fully saturated rings. The molecule has 2 aromatic rings. The molecule has 6 nitrogen and oxygen atoms in total. The topological polar surface area (TPSA) is 106 Å². The molecule has 1 heterocycles. The van der Waals surface area contributed by atoms with E-state index in [1.807, 2.05) is 0 Å². The van der Waals surface area contributed by atoms with E-state index in [2.05, 4.69) is 11.8 Å². The van der Waals surface area contributed by atoms with E-state index in [-0.39, 0.29) is 24.9 Å². The maximum atomic E-state index is 12.7. The van der Waals surface area contributed by atoms with Crippen molar-refractivity contribution in [1.29, 1.82) is 0 Å². The fourth-order valence-electron chi connectivity index (χ4n) is 2.52. The summed E-state index contributed by atoms with van der Waals surface area (Å²) in [6.07, 6.45) is -3.61. The van der Waals surface area contributed by atoms with Gasteiger partial charge in [-0.15, -0.1) is 0 Å². The monoisotopic (exact) mass is 445 g/mol. The van der Waals surface area contributed by atoms with Crippen molar-refractivity contribution in [2.45, 2.75) is 37.9 Å². The molecule has 1 unspecified atom stereocenters. The van der Waals surface area contributed by atoms with Crippen LogP contribution in [0.25, 0.3) is 0 Å². The van der Waals surface area contributed by atoms with E-state index >= 15 is 0 Å². The van der Waals surface area contributed by atoms with Crippen LogP contribution >= 0.6 is 7.60 Å². The predicted molar refractivity (Wildman–Crippen MR) is 105 cm³/mol. The number of aryl methyl sites for hydroxylation is 1. The van der Waals surface area contributed by atoms with Crippen LogP contribution in [0.1, 0.15) is 36.8 Å². The quantitative estimate of drug-likeness (QED) is 0.420. The maximum absolute atomic E-state index is 12.7.